The lowest BCUT2D eigenvalue weighted by molar-refractivity contribution is -0.113. The molecule has 0 bridgehead atoms. The number of benzene rings is 1. The molecule has 1 N–H and O–H groups in total. The van der Waals surface area contributed by atoms with Gasteiger partial charge in [0.25, 0.3) is 0 Å². The van der Waals surface area contributed by atoms with Crippen LogP contribution < -0.4 is 5.32 Å². The van der Waals surface area contributed by atoms with Crippen molar-refractivity contribution in [2.75, 3.05) is 11.1 Å². The maximum atomic E-state index is 12.3. The molecule has 0 saturated heterocycles. The molecular weight excluding hydrogens is 376 g/mol. The number of thioether (sulfide) groups is 1. The molecule has 7 heteroatoms. The van der Waals surface area contributed by atoms with Gasteiger partial charge >= 0.3 is 0 Å². The molecule has 1 amide bonds. The standard InChI is InChI=1S/C20H24N4OS2/c1-4-24-18(12-17-6-5-11-26-17)22-23-20(24)27-13-19(25)21-16-9-7-15(8-10-16)14(2)3/h5-11,14H,4,12-13H2,1-3H3,(H,21,25). The third kappa shape index (κ3) is 5.20. The van der Waals surface area contributed by atoms with Gasteiger partial charge in [0.05, 0.1) is 5.75 Å². The third-order valence-electron chi connectivity index (χ3n) is 4.22. The number of amides is 1. The number of nitrogens with zero attached hydrogens (tertiary/aromatic N) is 3. The molecule has 3 aromatic rings. The van der Waals surface area contributed by atoms with Gasteiger partial charge in [-0.05, 0) is 42.0 Å². The number of anilines is 1. The van der Waals surface area contributed by atoms with Crippen molar-refractivity contribution in [1.82, 2.24) is 14.8 Å². The van der Waals surface area contributed by atoms with Crippen molar-refractivity contribution < 1.29 is 4.79 Å². The van der Waals surface area contributed by atoms with Gasteiger partial charge in [-0.3, -0.25) is 4.79 Å². The van der Waals surface area contributed by atoms with Gasteiger partial charge in [-0.15, -0.1) is 21.5 Å². The van der Waals surface area contributed by atoms with Gasteiger partial charge in [-0.25, -0.2) is 0 Å². The zero-order valence-electron chi connectivity index (χ0n) is 15.8. The lowest BCUT2D eigenvalue weighted by Gasteiger charge is -2.09. The first kappa shape index (κ1) is 19.6. The molecule has 0 unspecified atom stereocenters. The Balaban J connectivity index is 1.57. The molecule has 142 valence electrons. The highest BCUT2D eigenvalue weighted by Crippen LogP contribution is 2.21. The molecule has 0 aliphatic rings. The Bertz CT molecular complexity index is 870. The van der Waals surface area contributed by atoms with Crippen LogP contribution in [0.1, 0.15) is 43.0 Å². The van der Waals surface area contributed by atoms with Gasteiger partial charge in [-0.1, -0.05) is 43.8 Å². The highest BCUT2D eigenvalue weighted by atomic mass is 32.2. The monoisotopic (exact) mass is 400 g/mol. The molecule has 0 atom stereocenters. The fourth-order valence-electron chi connectivity index (χ4n) is 2.72. The molecule has 3 rings (SSSR count). The van der Waals surface area contributed by atoms with Gasteiger partial charge in [0.2, 0.25) is 5.91 Å². The topological polar surface area (TPSA) is 59.8 Å². The van der Waals surface area contributed by atoms with Crippen molar-refractivity contribution >= 4 is 34.7 Å². The zero-order chi connectivity index (χ0) is 19.2. The Labute approximate surface area is 168 Å². The molecule has 5 nitrogen and oxygen atoms in total. The molecule has 27 heavy (non-hydrogen) atoms. The first-order chi connectivity index (χ1) is 13.1. The smallest absolute Gasteiger partial charge is 0.234 e. The van der Waals surface area contributed by atoms with E-state index in [2.05, 4.69) is 64.4 Å². The maximum absolute atomic E-state index is 12.3. The summed E-state index contributed by atoms with van der Waals surface area (Å²) in [6, 6.07) is 12.2. The van der Waals surface area contributed by atoms with Crippen LogP contribution in [0.2, 0.25) is 0 Å². The molecule has 0 aliphatic heterocycles. The summed E-state index contributed by atoms with van der Waals surface area (Å²) >= 11 is 3.14. The van der Waals surface area contributed by atoms with Crippen LogP contribution in [0, 0.1) is 0 Å². The second-order valence-electron chi connectivity index (χ2n) is 6.51. The largest absolute Gasteiger partial charge is 0.325 e. The molecule has 2 heterocycles. The number of carbonyl (C=O) groups is 1. The molecule has 0 aliphatic carbocycles. The molecule has 0 saturated carbocycles. The summed E-state index contributed by atoms with van der Waals surface area (Å²) in [5.41, 5.74) is 2.08. The summed E-state index contributed by atoms with van der Waals surface area (Å²) in [6.07, 6.45) is 0.771. The Hall–Kier alpha value is -2.12. The number of nitrogens with one attached hydrogen (secondary N) is 1. The van der Waals surface area contributed by atoms with Crippen LogP contribution in [0.3, 0.4) is 0 Å². The van der Waals surface area contributed by atoms with Crippen LogP contribution in [0.5, 0.6) is 0 Å². The van der Waals surface area contributed by atoms with Crippen LogP contribution in [0.15, 0.2) is 46.9 Å². The van der Waals surface area contributed by atoms with Gasteiger partial charge in [0.1, 0.15) is 5.82 Å². The van der Waals surface area contributed by atoms with E-state index >= 15 is 0 Å². The zero-order valence-corrected chi connectivity index (χ0v) is 17.4. The predicted octanol–water partition coefficient (Wildman–Crippen LogP) is 4.80. The van der Waals surface area contributed by atoms with Gasteiger partial charge in [0, 0.05) is 23.5 Å². The first-order valence-corrected chi connectivity index (χ1v) is 10.9. The SMILES string of the molecule is CCn1c(Cc2cccs2)nnc1SCC(=O)Nc1ccc(C(C)C)cc1. The van der Waals surface area contributed by atoms with E-state index in [1.807, 2.05) is 18.2 Å². The molecule has 0 fully saturated rings. The molecule has 0 radical (unpaired) electrons. The van der Waals surface area contributed by atoms with E-state index in [9.17, 15) is 4.79 Å². The summed E-state index contributed by atoms with van der Waals surface area (Å²) in [5.74, 6) is 1.69. The van der Waals surface area contributed by atoms with E-state index in [1.165, 1.54) is 22.2 Å². The van der Waals surface area contributed by atoms with E-state index in [0.717, 1.165) is 29.6 Å². The lowest BCUT2D eigenvalue weighted by atomic mass is 10.0. The van der Waals surface area contributed by atoms with Crippen molar-refractivity contribution in [3.8, 4) is 0 Å². The van der Waals surface area contributed by atoms with Crippen molar-refractivity contribution in [3.63, 3.8) is 0 Å². The van der Waals surface area contributed by atoms with Gasteiger partial charge in [0.15, 0.2) is 5.16 Å². The van der Waals surface area contributed by atoms with Gasteiger partial charge in [-0.2, -0.15) is 0 Å². The second-order valence-corrected chi connectivity index (χ2v) is 8.49. The quantitative estimate of drug-likeness (QED) is 0.552. The molecule has 2 aromatic heterocycles. The summed E-state index contributed by atoms with van der Waals surface area (Å²) in [5, 5.41) is 14.4. The number of thiophene rings is 1. The summed E-state index contributed by atoms with van der Waals surface area (Å²) < 4.78 is 2.08. The number of aromatic nitrogens is 3. The van der Waals surface area contributed by atoms with E-state index in [4.69, 9.17) is 0 Å². The van der Waals surface area contributed by atoms with Crippen molar-refractivity contribution in [2.24, 2.45) is 0 Å². The third-order valence-corrected chi connectivity index (χ3v) is 6.06. The Morgan fingerprint density at radius 3 is 2.63 bits per heavy atom. The fraction of sp³-hybridized carbons (Fsp3) is 0.350. The predicted molar refractivity (Wildman–Crippen MR) is 113 cm³/mol. The average Bonchev–Trinajstić information content (AvgIpc) is 3.30. The minimum atomic E-state index is -0.0391. The van der Waals surface area contributed by atoms with Crippen molar-refractivity contribution in [2.45, 2.75) is 44.8 Å². The average molecular weight is 401 g/mol. The van der Waals surface area contributed by atoms with Crippen LogP contribution in [-0.2, 0) is 17.8 Å². The van der Waals surface area contributed by atoms with E-state index in [1.54, 1.807) is 11.3 Å². The Morgan fingerprint density at radius 1 is 1.22 bits per heavy atom. The summed E-state index contributed by atoms with van der Waals surface area (Å²) in [7, 11) is 0. The van der Waals surface area contributed by atoms with E-state index in [-0.39, 0.29) is 5.91 Å². The highest BCUT2D eigenvalue weighted by molar-refractivity contribution is 7.99. The van der Waals surface area contributed by atoms with Crippen molar-refractivity contribution in [3.05, 3.63) is 58.0 Å². The van der Waals surface area contributed by atoms with Crippen LogP contribution in [-0.4, -0.2) is 26.4 Å². The fourth-order valence-corrected chi connectivity index (χ4v) is 4.24. The second kappa shape index (κ2) is 9.19. The first-order valence-electron chi connectivity index (χ1n) is 9.04. The number of hydrogen-bond acceptors (Lipinski definition) is 5. The summed E-state index contributed by atoms with van der Waals surface area (Å²) in [4.78, 5) is 13.5. The summed E-state index contributed by atoms with van der Waals surface area (Å²) in [6.45, 7) is 7.16. The van der Waals surface area contributed by atoms with E-state index in [0.29, 0.717) is 11.7 Å². The molecule has 0 spiro atoms. The maximum Gasteiger partial charge on any atom is 0.234 e. The minimum absolute atomic E-state index is 0.0391. The number of rotatable bonds is 8. The minimum Gasteiger partial charge on any atom is -0.325 e. The normalized spacial score (nSPS) is 11.1. The highest BCUT2D eigenvalue weighted by Gasteiger charge is 2.14. The molecular formula is C20H24N4OS2. The van der Waals surface area contributed by atoms with Gasteiger partial charge < -0.3 is 9.88 Å². The molecule has 1 aromatic carbocycles. The Kier molecular flexibility index (Phi) is 6.68. The van der Waals surface area contributed by atoms with Crippen LogP contribution in [0.4, 0.5) is 5.69 Å². The van der Waals surface area contributed by atoms with Crippen LogP contribution >= 0.6 is 23.1 Å². The number of carbonyl (C=O) groups excluding carboxylic acids is 1. The van der Waals surface area contributed by atoms with E-state index < -0.39 is 0 Å². The lowest BCUT2D eigenvalue weighted by Crippen LogP contribution is -2.14. The van der Waals surface area contributed by atoms with Crippen molar-refractivity contribution in [1.29, 1.82) is 0 Å². The Morgan fingerprint density at radius 2 is 2.00 bits per heavy atom. The van der Waals surface area contributed by atoms with Crippen LogP contribution in [0.25, 0.3) is 0 Å². The number of hydrogen-bond donors (Lipinski definition) is 1.